The molecule has 3 aromatic rings. The summed E-state index contributed by atoms with van der Waals surface area (Å²) in [5.74, 6) is -1.36. The van der Waals surface area contributed by atoms with Crippen molar-refractivity contribution in [3.05, 3.63) is 86.9 Å². The molecule has 1 fully saturated rings. The Labute approximate surface area is 285 Å². The standard InChI is InChI=1S/C35H44N6O6S/c1-8-36-29(46-7)25-17-24(18-26(19-25)31(43)41-16-12-15-27(41)30-37-22(2)21-48-30)28(42)39-40-32(44)35(6,20-23-13-10-9-11-14-23)38-33(45)47-34(3,4)5/h9-11,13-14,17-19,21,27H,8,12,15-16,20H2,1-7H3,(H,38,45)(H,39,42)(H,40,44). The molecule has 0 aliphatic carbocycles. The zero-order valence-corrected chi connectivity index (χ0v) is 29.3. The highest BCUT2D eigenvalue weighted by molar-refractivity contribution is 7.09. The minimum Gasteiger partial charge on any atom is -0.481 e. The Hall–Kier alpha value is -4.78. The van der Waals surface area contributed by atoms with E-state index in [1.54, 1.807) is 44.7 Å². The number of likely N-dealkylation sites (tertiary alicyclic amines) is 1. The van der Waals surface area contributed by atoms with Gasteiger partial charge >= 0.3 is 6.09 Å². The molecule has 12 nitrogen and oxygen atoms in total. The molecule has 2 unspecified atom stereocenters. The molecule has 3 N–H and O–H groups in total. The molecular formula is C35H44N6O6S. The van der Waals surface area contributed by atoms with Gasteiger partial charge in [-0.05, 0) is 78.1 Å². The molecule has 0 saturated carbocycles. The second-order valence-electron chi connectivity index (χ2n) is 12.8. The Morgan fingerprint density at radius 2 is 1.71 bits per heavy atom. The van der Waals surface area contributed by atoms with E-state index >= 15 is 0 Å². The minimum absolute atomic E-state index is 0.0997. The number of carbonyl (C=O) groups is 4. The van der Waals surface area contributed by atoms with E-state index in [1.165, 1.54) is 24.5 Å². The molecule has 2 heterocycles. The van der Waals surface area contributed by atoms with E-state index in [-0.39, 0.29) is 35.4 Å². The summed E-state index contributed by atoms with van der Waals surface area (Å²) in [6.45, 7) is 11.4. The fourth-order valence-corrected chi connectivity index (χ4v) is 6.36. The van der Waals surface area contributed by atoms with Crippen molar-refractivity contribution in [1.29, 1.82) is 0 Å². The largest absolute Gasteiger partial charge is 0.481 e. The molecule has 1 aliphatic heterocycles. The second kappa shape index (κ2) is 15.4. The molecule has 2 aromatic carbocycles. The number of thiazole rings is 1. The van der Waals surface area contributed by atoms with Crippen LogP contribution in [0.25, 0.3) is 0 Å². The van der Waals surface area contributed by atoms with Gasteiger partial charge in [-0.15, -0.1) is 11.3 Å². The van der Waals surface area contributed by atoms with Crippen LogP contribution < -0.4 is 16.2 Å². The number of methoxy groups -OCH3 is 1. The third-order valence-electron chi connectivity index (χ3n) is 7.59. The van der Waals surface area contributed by atoms with Crippen molar-refractivity contribution in [3.63, 3.8) is 0 Å². The van der Waals surface area contributed by atoms with Crippen LogP contribution in [0.5, 0.6) is 0 Å². The van der Waals surface area contributed by atoms with E-state index in [0.29, 0.717) is 18.7 Å². The fourth-order valence-electron chi connectivity index (χ4n) is 5.42. The number of alkyl carbamates (subject to hydrolysis) is 1. The summed E-state index contributed by atoms with van der Waals surface area (Å²) in [5.41, 5.74) is 5.10. The maximum Gasteiger partial charge on any atom is 0.408 e. The number of amides is 4. The van der Waals surface area contributed by atoms with Crippen LogP contribution in [0.3, 0.4) is 0 Å². The van der Waals surface area contributed by atoms with E-state index in [0.717, 1.165) is 29.1 Å². The average molecular weight is 677 g/mol. The highest BCUT2D eigenvalue weighted by Crippen LogP contribution is 2.35. The van der Waals surface area contributed by atoms with Gasteiger partial charge in [-0.1, -0.05) is 30.3 Å². The Bertz CT molecular complexity index is 1670. The van der Waals surface area contributed by atoms with Crippen LogP contribution in [-0.4, -0.2) is 70.9 Å². The molecule has 256 valence electrons. The number of aryl methyl sites for hydroxylation is 1. The number of aromatic nitrogens is 1. The van der Waals surface area contributed by atoms with E-state index in [9.17, 15) is 19.2 Å². The van der Waals surface area contributed by atoms with Crippen LogP contribution in [0.1, 0.15) is 96.0 Å². The van der Waals surface area contributed by atoms with Gasteiger partial charge in [0.05, 0.1) is 13.2 Å². The van der Waals surface area contributed by atoms with Gasteiger partial charge in [0.2, 0.25) is 5.90 Å². The van der Waals surface area contributed by atoms with Crippen LogP contribution in [0, 0.1) is 6.92 Å². The van der Waals surface area contributed by atoms with Crippen molar-refractivity contribution in [2.24, 2.45) is 4.99 Å². The normalized spacial score (nSPS) is 16.1. The Balaban J connectivity index is 1.60. The second-order valence-corrected chi connectivity index (χ2v) is 13.7. The summed E-state index contributed by atoms with van der Waals surface area (Å²) in [7, 11) is 1.47. The first-order chi connectivity index (χ1) is 22.7. The number of carbonyl (C=O) groups excluding carboxylic acids is 4. The predicted molar refractivity (Wildman–Crippen MR) is 184 cm³/mol. The van der Waals surface area contributed by atoms with Crippen molar-refractivity contribution >= 4 is 41.0 Å². The minimum atomic E-state index is -1.50. The van der Waals surface area contributed by atoms with Gasteiger partial charge in [-0.3, -0.25) is 30.2 Å². The third-order valence-corrected chi connectivity index (χ3v) is 8.65. The smallest absolute Gasteiger partial charge is 0.408 e. The summed E-state index contributed by atoms with van der Waals surface area (Å²) >= 11 is 1.52. The first-order valence-electron chi connectivity index (χ1n) is 15.9. The third kappa shape index (κ3) is 9.18. The topological polar surface area (TPSA) is 151 Å². The molecule has 0 spiro atoms. The first-order valence-corrected chi connectivity index (χ1v) is 16.7. The van der Waals surface area contributed by atoms with E-state index < -0.39 is 29.0 Å². The lowest BCUT2D eigenvalue weighted by Crippen LogP contribution is -2.61. The van der Waals surface area contributed by atoms with Gasteiger partial charge in [0.15, 0.2) is 0 Å². The van der Waals surface area contributed by atoms with Crippen molar-refractivity contribution < 1.29 is 28.7 Å². The van der Waals surface area contributed by atoms with Gasteiger partial charge in [0.25, 0.3) is 17.7 Å². The molecule has 1 aromatic heterocycles. The number of aliphatic imine (C=N–C) groups is 1. The van der Waals surface area contributed by atoms with E-state index in [2.05, 4.69) is 26.1 Å². The number of nitrogens with one attached hydrogen (secondary N) is 3. The number of benzene rings is 2. The fraction of sp³-hybridized carbons (Fsp3) is 0.429. The highest BCUT2D eigenvalue weighted by Gasteiger charge is 2.37. The predicted octanol–water partition coefficient (Wildman–Crippen LogP) is 5.13. The van der Waals surface area contributed by atoms with Crippen molar-refractivity contribution in [3.8, 4) is 0 Å². The van der Waals surface area contributed by atoms with Crippen LogP contribution in [0.15, 0.2) is 58.9 Å². The van der Waals surface area contributed by atoms with Gasteiger partial charge < -0.3 is 19.7 Å². The monoisotopic (exact) mass is 676 g/mol. The lowest BCUT2D eigenvalue weighted by Gasteiger charge is -2.31. The lowest BCUT2D eigenvalue weighted by molar-refractivity contribution is -0.127. The molecule has 1 saturated heterocycles. The SMILES string of the molecule is CCN=C(OC)c1cc(C(=O)NNC(=O)C(C)(Cc2ccccc2)NC(=O)OC(C)(C)C)cc(C(=O)N2CCCC2c2nc(C)cs2)c1. The number of hydrogen-bond donors (Lipinski definition) is 3. The molecule has 48 heavy (non-hydrogen) atoms. The first kappa shape index (κ1) is 36.1. The number of rotatable bonds is 9. The summed E-state index contributed by atoms with van der Waals surface area (Å²) in [6, 6.07) is 13.7. The molecule has 0 radical (unpaired) electrons. The average Bonchev–Trinajstić information content (AvgIpc) is 3.70. The molecule has 4 rings (SSSR count). The molecule has 0 bridgehead atoms. The van der Waals surface area contributed by atoms with Crippen molar-refractivity contribution in [2.45, 2.75) is 78.0 Å². The number of hydrazine groups is 1. The van der Waals surface area contributed by atoms with Crippen molar-refractivity contribution in [2.75, 3.05) is 20.2 Å². The maximum atomic E-state index is 14.0. The molecule has 1 aliphatic rings. The van der Waals surface area contributed by atoms with Crippen molar-refractivity contribution in [1.82, 2.24) is 26.1 Å². The molecule has 4 amide bonds. The van der Waals surface area contributed by atoms with E-state index in [1.807, 2.05) is 49.6 Å². The summed E-state index contributed by atoms with van der Waals surface area (Å²) in [5, 5.41) is 5.51. The molecular weight excluding hydrogens is 632 g/mol. The van der Waals surface area contributed by atoms with Crippen LogP contribution >= 0.6 is 11.3 Å². The highest BCUT2D eigenvalue weighted by atomic mass is 32.1. The van der Waals surface area contributed by atoms with Crippen LogP contribution in [0.2, 0.25) is 0 Å². The van der Waals surface area contributed by atoms with Gasteiger partial charge in [0.1, 0.15) is 16.1 Å². The zero-order chi connectivity index (χ0) is 35.1. The van der Waals surface area contributed by atoms with E-state index in [4.69, 9.17) is 9.47 Å². The Kier molecular flexibility index (Phi) is 11.6. The Morgan fingerprint density at radius 3 is 2.33 bits per heavy atom. The summed E-state index contributed by atoms with van der Waals surface area (Å²) < 4.78 is 10.9. The Morgan fingerprint density at radius 1 is 1.02 bits per heavy atom. The lowest BCUT2D eigenvalue weighted by atomic mass is 9.92. The quantitative estimate of drug-likeness (QED) is 0.162. The van der Waals surface area contributed by atoms with Gasteiger partial charge in [-0.2, -0.15) is 0 Å². The molecule has 2 atom stereocenters. The summed E-state index contributed by atoms with van der Waals surface area (Å²) in [4.78, 5) is 64.8. The van der Waals surface area contributed by atoms with Gasteiger partial charge in [0, 0.05) is 47.3 Å². The maximum absolute atomic E-state index is 14.0. The van der Waals surface area contributed by atoms with Gasteiger partial charge in [-0.25, -0.2) is 9.78 Å². The zero-order valence-electron chi connectivity index (χ0n) is 28.5. The summed E-state index contributed by atoms with van der Waals surface area (Å²) in [6.07, 6.45) is 0.947. The molecule has 13 heteroatoms. The number of nitrogens with zero attached hydrogens (tertiary/aromatic N) is 3. The number of hydrogen-bond acceptors (Lipinski definition) is 9. The number of ether oxygens (including phenoxy) is 2. The van der Waals surface area contributed by atoms with Crippen LogP contribution in [-0.2, 0) is 20.7 Å². The van der Waals surface area contributed by atoms with Crippen LogP contribution in [0.4, 0.5) is 4.79 Å².